The van der Waals surface area contributed by atoms with Crippen LogP contribution in [0.3, 0.4) is 0 Å². The number of para-hydroxylation sites is 1. The van der Waals surface area contributed by atoms with E-state index in [9.17, 15) is 18.3 Å². The lowest BCUT2D eigenvalue weighted by atomic mass is 10.2. The predicted molar refractivity (Wildman–Crippen MR) is 66.8 cm³/mol. The molecule has 2 nitrogen and oxygen atoms in total. The van der Waals surface area contributed by atoms with Crippen LogP contribution in [0.25, 0.3) is 0 Å². The van der Waals surface area contributed by atoms with Crippen LogP contribution in [0.4, 0.5) is 18.9 Å². The minimum atomic E-state index is -0.860. The Bertz CT molecular complexity index is 596. The van der Waals surface area contributed by atoms with Crippen molar-refractivity contribution >= 4 is 17.3 Å². The molecule has 0 bridgehead atoms. The Morgan fingerprint density at radius 2 is 1.84 bits per heavy atom. The first-order valence-electron chi connectivity index (χ1n) is 5.34. The van der Waals surface area contributed by atoms with Crippen LogP contribution >= 0.6 is 11.6 Å². The standard InChI is InChI=1S/C13H9ClF3NO/c14-9-4-8(15)5-11(17)12(9)18-6-7-2-1-3-10(16)13(7)19/h1-5,18-19H,6H2. The van der Waals surface area contributed by atoms with Crippen molar-refractivity contribution < 1.29 is 18.3 Å². The van der Waals surface area contributed by atoms with Gasteiger partial charge in [-0.1, -0.05) is 23.7 Å². The minimum absolute atomic E-state index is 0.0497. The van der Waals surface area contributed by atoms with E-state index in [-0.39, 0.29) is 22.8 Å². The van der Waals surface area contributed by atoms with Crippen LogP contribution in [0, 0.1) is 17.5 Å². The molecule has 2 rings (SSSR count). The highest BCUT2D eigenvalue weighted by Gasteiger charge is 2.11. The van der Waals surface area contributed by atoms with E-state index in [0.29, 0.717) is 6.07 Å². The van der Waals surface area contributed by atoms with Crippen LogP contribution in [0.5, 0.6) is 5.75 Å². The Morgan fingerprint density at radius 3 is 2.53 bits per heavy atom. The fourth-order valence-electron chi connectivity index (χ4n) is 1.60. The van der Waals surface area contributed by atoms with Gasteiger partial charge in [-0.05, 0) is 12.1 Å². The number of phenols is 1. The number of hydrogen-bond donors (Lipinski definition) is 2. The Balaban J connectivity index is 2.22. The maximum absolute atomic E-state index is 13.5. The largest absolute Gasteiger partial charge is 0.505 e. The number of rotatable bonds is 3. The van der Waals surface area contributed by atoms with Crippen molar-refractivity contribution in [2.45, 2.75) is 6.54 Å². The summed E-state index contributed by atoms with van der Waals surface area (Å²) in [6, 6.07) is 5.62. The van der Waals surface area contributed by atoms with Gasteiger partial charge in [0.2, 0.25) is 0 Å². The zero-order valence-corrected chi connectivity index (χ0v) is 10.3. The summed E-state index contributed by atoms with van der Waals surface area (Å²) in [5.74, 6) is -2.94. The van der Waals surface area contributed by atoms with E-state index in [1.807, 2.05) is 0 Å². The highest BCUT2D eigenvalue weighted by atomic mass is 35.5. The zero-order chi connectivity index (χ0) is 14.0. The summed E-state index contributed by atoms with van der Waals surface area (Å²) < 4.78 is 39.4. The van der Waals surface area contributed by atoms with Crippen molar-refractivity contribution in [3.63, 3.8) is 0 Å². The molecule has 0 aliphatic rings. The molecule has 0 saturated carbocycles. The van der Waals surface area contributed by atoms with Crippen LogP contribution in [-0.4, -0.2) is 5.11 Å². The van der Waals surface area contributed by atoms with Crippen LogP contribution in [-0.2, 0) is 6.54 Å². The Hall–Kier alpha value is -1.88. The van der Waals surface area contributed by atoms with E-state index in [0.717, 1.165) is 12.1 Å². The SMILES string of the molecule is Oc1c(F)cccc1CNc1c(F)cc(F)cc1Cl. The first-order valence-corrected chi connectivity index (χ1v) is 5.71. The van der Waals surface area contributed by atoms with E-state index in [2.05, 4.69) is 5.32 Å². The quantitative estimate of drug-likeness (QED) is 0.892. The topological polar surface area (TPSA) is 32.3 Å². The second-order valence-electron chi connectivity index (χ2n) is 3.85. The summed E-state index contributed by atoms with van der Waals surface area (Å²) in [5.41, 5.74) is 0.131. The van der Waals surface area contributed by atoms with Gasteiger partial charge in [-0.25, -0.2) is 13.2 Å². The third-order valence-corrected chi connectivity index (χ3v) is 2.83. The third-order valence-electron chi connectivity index (χ3n) is 2.53. The van der Waals surface area contributed by atoms with Crippen LogP contribution in [0.1, 0.15) is 5.56 Å². The molecule has 2 N–H and O–H groups in total. The second kappa shape index (κ2) is 5.40. The molecule has 0 amide bonds. The highest BCUT2D eigenvalue weighted by Crippen LogP contribution is 2.28. The molecule has 0 saturated heterocycles. The van der Waals surface area contributed by atoms with E-state index in [1.165, 1.54) is 12.1 Å². The lowest BCUT2D eigenvalue weighted by Gasteiger charge is -2.11. The predicted octanol–water partition coefficient (Wildman–Crippen LogP) is 4.08. The fraction of sp³-hybridized carbons (Fsp3) is 0.0769. The molecule has 0 unspecified atom stereocenters. The first-order chi connectivity index (χ1) is 8.99. The average molecular weight is 288 g/mol. The molecule has 0 aromatic heterocycles. The number of benzene rings is 2. The lowest BCUT2D eigenvalue weighted by molar-refractivity contribution is 0.426. The van der Waals surface area contributed by atoms with E-state index < -0.39 is 23.2 Å². The van der Waals surface area contributed by atoms with Gasteiger partial charge in [0.05, 0.1) is 10.7 Å². The first kappa shape index (κ1) is 13.5. The van der Waals surface area contributed by atoms with Gasteiger partial charge in [0.25, 0.3) is 0 Å². The summed E-state index contributed by atoms with van der Waals surface area (Å²) in [7, 11) is 0. The van der Waals surface area contributed by atoms with Crippen molar-refractivity contribution in [1.82, 2.24) is 0 Å². The van der Waals surface area contributed by atoms with E-state index in [4.69, 9.17) is 11.6 Å². The van der Waals surface area contributed by atoms with Crippen molar-refractivity contribution in [3.8, 4) is 5.75 Å². The molecule has 0 spiro atoms. The molecule has 6 heteroatoms. The number of nitrogens with one attached hydrogen (secondary N) is 1. The average Bonchev–Trinajstić information content (AvgIpc) is 2.33. The summed E-state index contributed by atoms with van der Waals surface area (Å²) in [4.78, 5) is 0. The molecule has 100 valence electrons. The molecule has 0 aliphatic carbocycles. The Kier molecular flexibility index (Phi) is 3.85. The monoisotopic (exact) mass is 287 g/mol. The fourth-order valence-corrected chi connectivity index (χ4v) is 1.86. The van der Waals surface area contributed by atoms with E-state index in [1.54, 1.807) is 0 Å². The molecular formula is C13H9ClF3NO. The van der Waals surface area contributed by atoms with Crippen LogP contribution in [0.2, 0.25) is 5.02 Å². The van der Waals surface area contributed by atoms with Gasteiger partial charge in [0, 0.05) is 18.2 Å². The van der Waals surface area contributed by atoms with Gasteiger partial charge in [-0.2, -0.15) is 0 Å². The summed E-state index contributed by atoms with van der Waals surface area (Å²) in [6.07, 6.45) is 0. The molecular weight excluding hydrogens is 279 g/mol. The number of phenolic OH excluding ortho intramolecular Hbond substituents is 1. The maximum Gasteiger partial charge on any atom is 0.165 e. The molecule has 0 atom stereocenters. The van der Waals surface area contributed by atoms with Gasteiger partial charge in [0.1, 0.15) is 5.82 Å². The Labute approximate surface area is 112 Å². The molecule has 19 heavy (non-hydrogen) atoms. The maximum atomic E-state index is 13.5. The molecule has 0 heterocycles. The molecule has 0 aliphatic heterocycles. The van der Waals surface area contributed by atoms with Gasteiger partial charge in [-0.15, -0.1) is 0 Å². The molecule has 2 aromatic carbocycles. The lowest BCUT2D eigenvalue weighted by Crippen LogP contribution is -2.03. The smallest absolute Gasteiger partial charge is 0.165 e. The number of halogens is 4. The van der Waals surface area contributed by atoms with Gasteiger partial charge >= 0.3 is 0 Å². The van der Waals surface area contributed by atoms with Gasteiger partial charge < -0.3 is 10.4 Å². The third kappa shape index (κ3) is 2.93. The number of aromatic hydroxyl groups is 1. The number of anilines is 1. The van der Waals surface area contributed by atoms with Crippen LogP contribution in [0.15, 0.2) is 30.3 Å². The van der Waals surface area contributed by atoms with Gasteiger partial charge in [-0.3, -0.25) is 0 Å². The second-order valence-corrected chi connectivity index (χ2v) is 4.25. The normalized spacial score (nSPS) is 10.5. The minimum Gasteiger partial charge on any atom is -0.505 e. The van der Waals surface area contributed by atoms with Crippen molar-refractivity contribution in [3.05, 3.63) is 58.4 Å². The van der Waals surface area contributed by atoms with Gasteiger partial charge in [0.15, 0.2) is 17.4 Å². The summed E-state index contributed by atoms with van der Waals surface area (Å²) in [5, 5.41) is 11.9. The van der Waals surface area contributed by atoms with Crippen molar-refractivity contribution in [1.29, 1.82) is 0 Å². The van der Waals surface area contributed by atoms with Crippen LogP contribution < -0.4 is 5.32 Å². The van der Waals surface area contributed by atoms with Crippen molar-refractivity contribution in [2.75, 3.05) is 5.32 Å². The zero-order valence-electron chi connectivity index (χ0n) is 9.55. The summed E-state index contributed by atoms with van der Waals surface area (Å²) >= 11 is 5.69. The van der Waals surface area contributed by atoms with Crippen molar-refractivity contribution in [2.24, 2.45) is 0 Å². The molecule has 2 aromatic rings. The Morgan fingerprint density at radius 1 is 1.11 bits per heavy atom. The number of hydrogen-bond acceptors (Lipinski definition) is 2. The highest BCUT2D eigenvalue weighted by molar-refractivity contribution is 6.33. The van der Waals surface area contributed by atoms with E-state index >= 15 is 0 Å². The summed E-state index contributed by atoms with van der Waals surface area (Å²) in [6.45, 7) is -0.0497. The molecule has 0 fully saturated rings. The molecule has 0 radical (unpaired) electrons.